The van der Waals surface area contributed by atoms with Crippen molar-refractivity contribution in [2.45, 2.75) is 31.8 Å². The van der Waals surface area contributed by atoms with Crippen molar-refractivity contribution in [2.75, 3.05) is 7.05 Å². The van der Waals surface area contributed by atoms with Gasteiger partial charge in [-0.2, -0.15) is 0 Å². The van der Waals surface area contributed by atoms with Gasteiger partial charge in [0, 0.05) is 23.5 Å². The Hall–Kier alpha value is -1.88. The fraction of sp³-hybridized carbons (Fsp3) is 0.429. The van der Waals surface area contributed by atoms with E-state index in [0.29, 0.717) is 6.04 Å². The normalized spacial score (nSPS) is 18.5. The Kier molecular flexibility index (Phi) is 2.98. The lowest BCUT2D eigenvalue weighted by Crippen LogP contribution is -2.32. The maximum atomic E-state index is 11.1. The molecule has 3 rings (SSSR count). The van der Waals surface area contributed by atoms with Crippen molar-refractivity contribution in [3.05, 3.63) is 29.6 Å². The van der Waals surface area contributed by atoms with Gasteiger partial charge in [-0.15, -0.1) is 0 Å². The first-order valence-electron chi connectivity index (χ1n) is 6.54. The van der Waals surface area contributed by atoms with Gasteiger partial charge in [0.2, 0.25) is 0 Å². The molecule has 5 heteroatoms. The van der Waals surface area contributed by atoms with Gasteiger partial charge in [0.15, 0.2) is 0 Å². The van der Waals surface area contributed by atoms with E-state index in [-0.39, 0.29) is 6.54 Å². The predicted octanol–water partition coefficient (Wildman–Crippen LogP) is 1.20. The number of nitrogens with zero attached hydrogens (tertiary/aromatic N) is 2. The van der Waals surface area contributed by atoms with Crippen LogP contribution in [-0.4, -0.2) is 33.7 Å². The molecular formula is C14H17N3O2. The first-order chi connectivity index (χ1) is 9.20. The molecule has 0 bridgehead atoms. The lowest BCUT2D eigenvalue weighted by Gasteiger charge is -2.23. The zero-order chi connectivity index (χ0) is 13.4. The van der Waals surface area contributed by atoms with Gasteiger partial charge < -0.3 is 15.0 Å². The number of carboxylic acid groups (broad SMARTS) is 1. The molecule has 0 aromatic carbocycles. The molecule has 0 saturated heterocycles. The Bertz CT molecular complexity index is 633. The number of rotatable bonds is 3. The van der Waals surface area contributed by atoms with Crippen molar-refractivity contribution in [1.82, 2.24) is 14.9 Å². The second kappa shape index (κ2) is 4.66. The fourth-order valence-corrected chi connectivity index (χ4v) is 3.01. The second-order valence-corrected chi connectivity index (χ2v) is 5.00. The number of fused-ring (bicyclic) bond motifs is 3. The van der Waals surface area contributed by atoms with Crippen LogP contribution >= 0.6 is 0 Å². The van der Waals surface area contributed by atoms with Crippen LogP contribution in [-0.2, 0) is 24.2 Å². The summed E-state index contributed by atoms with van der Waals surface area (Å²) >= 11 is 0. The summed E-state index contributed by atoms with van der Waals surface area (Å²) in [5.74, 6) is -0.806. The fourth-order valence-electron chi connectivity index (χ4n) is 3.01. The van der Waals surface area contributed by atoms with Gasteiger partial charge in [-0.05, 0) is 38.4 Å². The standard InChI is InChI=1S/C14H17N3O2/c1-15-9-4-5-11-10(7-9)14-12(3-2-6-16-14)17(11)8-13(18)19/h2-3,6,9,15H,4-5,7-8H2,1H3,(H,18,19)/t9-/m0/s1. The van der Waals surface area contributed by atoms with E-state index in [1.165, 1.54) is 5.56 Å². The maximum absolute atomic E-state index is 11.1. The first kappa shape index (κ1) is 12.2. The summed E-state index contributed by atoms with van der Waals surface area (Å²) in [4.78, 5) is 15.5. The summed E-state index contributed by atoms with van der Waals surface area (Å²) < 4.78 is 1.91. The number of nitrogens with one attached hydrogen (secondary N) is 1. The molecule has 1 aliphatic carbocycles. The molecule has 1 atom stereocenters. The van der Waals surface area contributed by atoms with Crippen molar-refractivity contribution in [1.29, 1.82) is 0 Å². The van der Waals surface area contributed by atoms with Crippen LogP contribution in [0, 0.1) is 0 Å². The highest BCUT2D eigenvalue weighted by atomic mass is 16.4. The molecule has 0 fully saturated rings. The van der Waals surface area contributed by atoms with Crippen LogP contribution in [0.2, 0.25) is 0 Å². The molecule has 0 aliphatic heterocycles. The van der Waals surface area contributed by atoms with Gasteiger partial charge in [0.1, 0.15) is 6.54 Å². The van der Waals surface area contributed by atoms with Crippen LogP contribution in [0.25, 0.3) is 11.0 Å². The van der Waals surface area contributed by atoms with E-state index >= 15 is 0 Å². The Balaban J connectivity index is 2.18. The summed E-state index contributed by atoms with van der Waals surface area (Å²) in [5.41, 5.74) is 4.25. The SMILES string of the molecule is CN[C@H]1CCc2c(c3ncccc3n2CC(=O)O)C1. The van der Waals surface area contributed by atoms with Crippen molar-refractivity contribution >= 4 is 17.0 Å². The Morgan fingerprint density at radius 1 is 1.63 bits per heavy atom. The summed E-state index contributed by atoms with van der Waals surface area (Å²) in [6.07, 6.45) is 4.65. The van der Waals surface area contributed by atoms with Crippen LogP contribution in [0.5, 0.6) is 0 Å². The number of likely N-dealkylation sites (N-methyl/N-ethyl adjacent to an activating group) is 1. The number of aliphatic carboxylic acids is 1. The Morgan fingerprint density at radius 3 is 3.21 bits per heavy atom. The van der Waals surface area contributed by atoms with E-state index < -0.39 is 5.97 Å². The Labute approximate surface area is 111 Å². The van der Waals surface area contributed by atoms with E-state index in [1.54, 1.807) is 6.20 Å². The molecule has 2 aromatic heterocycles. The smallest absolute Gasteiger partial charge is 0.323 e. The zero-order valence-electron chi connectivity index (χ0n) is 10.9. The molecule has 0 amide bonds. The first-order valence-corrected chi connectivity index (χ1v) is 6.54. The highest BCUT2D eigenvalue weighted by molar-refractivity contribution is 5.83. The van der Waals surface area contributed by atoms with Crippen LogP contribution < -0.4 is 5.32 Å². The minimum Gasteiger partial charge on any atom is -0.480 e. The molecule has 2 heterocycles. The van der Waals surface area contributed by atoms with Gasteiger partial charge in [-0.1, -0.05) is 0 Å². The highest BCUT2D eigenvalue weighted by Crippen LogP contribution is 2.30. The number of hydrogen-bond acceptors (Lipinski definition) is 3. The third kappa shape index (κ3) is 2.00. The summed E-state index contributed by atoms with van der Waals surface area (Å²) in [5, 5.41) is 12.4. The third-order valence-corrected chi connectivity index (χ3v) is 3.92. The quantitative estimate of drug-likeness (QED) is 0.869. The molecule has 0 unspecified atom stereocenters. The van der Waals surface area contributed by atoms with Gasteiger partial charge >= 0.3 is 5.97 Å². The van der Waals surface area contributed by atoms with Crippen LogP contribution in [0.4, 0.5) is 0 Å². The van der Waals surface area contributed by atoms with Crippen LogP contribution in [0.3, 0.4) is 0 Å². The lowest BCUT2D eigenvalue weighted by atomic mass is 9.93. The summed E-state index contributed by atoms with van der Waals surface area (Å²) in [7, 11) is 1.97. The van der Waals surface area contributed by atoms with Gasteiger partial charge in [0.25, 0.3) is 0 Å². The van der Waals surface area contributed by atoms with E-state index in [1.807, 2.05) is 23.7 Å². The molecule has 2 aromatic rings. The number of hydrogen-bond donors (Lipinski definition) is 2. The molecular weight excluding hydrogens is 242 g/mol. The molecule has 100 valence electrons. The third-order valence-electron chi connectivity index (χ3n) is 3.92. The molecule has 1 aliphatic rings. The number of aromatic nitrogens is 2. The molecule has 0 spiro atoms. The minimum absolute atomic E-state index is 0.0156. The van der Waals surface area contributed by atoms with Crippen molar-refractivity contribution in [3.8, 4) is 0 Å². The molecule has 0 saturated carbocycles. The van der Waals surface area contributed by atoms with E-state index in [0.717, 1.165) is 36.0 Å². The predicted molar refractivity (Wildman–Crippen MR) is 72.2 cm³/mol. The maximum Gasteiger partial charge on any atom is 0.323 e. The molecule has 2 N–H and O–H groups in total. The molecule has 0 radical (unpaired) electrons. The van der Waals surface area contributed by atoms with E-state index in [2.05, 4.69) is 10.3 Å². The average Bonchev–Trinajstić information content (AvgIpc) is 2.73. The molecule has 5 nitrogen and oxygen atoms in total. The van der Waals surface area contributed by atoms with E-state index in [9.17, 15) is 4.79 Å². The largest absolute Gasteiger partial charge is 0.480 e. The Morgan fingerprint density at radius 2 is 2.47 bits per heavy atom. The van der Waals surface area contributed by atoms with Gasteiger partial charge in [0.05, 0.1) is 11.0 Å². The zero-order valence-corrected chi connectivity index (χ0v) is 10.9. The minimum atomic E-state index is -0.806. The van der Waals surface area contributed by atoms with Crippen LogP contribution in [0.15, 0.2) is 18.3 Å². The topological polar surface area (TPSA) is 67.2 Å². The number of pyridine rings is 1. The number of carboxylic acids is 1. The van der Waals surface area contributed by atoms with E-state index in [4.69, 9.17) is 5.11 Å². The number of carbonyl (C=O) groups is 1. The van der Waals surface area contributed by atoms with Crippen LogP contribution in [0.1, 0.15) is 17.7 Å². The lowest BCUT2D eigenvalue weighted by molar-refractivity contribution is -0.137. The van der Waals surface area contributed by atoms with Gasteiger partial charge in [-0.3, -0.25) is 9.78 Å². The van der Waals surface area contributed by atoms with Crippen molar-refractivity contribution in [3.63, 3.8) is 0 Å². The van der Waals surface area contributed by atoms with Crippen molar-refractivity contribution < 1.29 is 9.90 Å². The summed E-state index contributed by atoms with van der Waals surface area (Å²) in [6, 6.07) is 4.28. The average molecular weight is 259 g/mol. The molecule has 19 heavy (non-hydrogen) atoms. The monoisotopic (exact) mass is 259 g/mol. The summed E-state index contributed by atoms with van der Waals surface area (Å²) in [6.45, 7) is 0.0156. The van der Waals surface area contributed by atoms with Crippen molar-refractivity contribution in [2.24, 2.45) is 0 Å². The highest BCUT2D eigenvalue weighted by Gasteiger charge is 2.25. The van der Waals surface area contributed by atoms with Gasteiger partial charge in [-0.25, -0.2) is 0 Å². The second-order valence-electron chi connectivity index (χ2n) is 5.00.